The normalized spacial score (nSPS) is 10.4. The highest BCUT2D eigenvalue weighted by atomic mass is 16.5. The van der Waals surface area contributed by atoms with E-state index in [-0.39, 0.29) is 23.5 Å². The van der Waals surface area contributed by atoms with Crippen LogP contribution in [0.2, 0.25) is 0 Å². The van der Waals surface area contributed by atoms with E-state index in [1.165, 1.54) is 13.2 Å². The first-order valence-corrected chi connectivity index (χ1v) is 6.56. The molecular formula is C16H16O6. The molecule has 0 heterocycles. The van der Waals surface area contributed by atoms with Gasteiger partial charge in [0.1, 0.15) is 22.8 Å². The molecule has 0 unspecified atom stereocenters. The quantitative estimate of drug-likeness (QED) is 0.632. The number of hydrogen-bond acceptors (Lipinski definition) is 6. The van der Waals surface area contributed by atoms with Crippen molar-refractivity contribution in [3.63, 3.8) is 0 Å². The monoisotopic (exact) mass is 304 g/mol. The number of methoxy groups -OCH3 is 1. The maximum atomic E-state index is 12.1. The minimum absolute atomic E-state index is 0.0252. The standard InChI is InChI=1S/C16H16O6/c1-22-15-5-3-9(6-12(15)19)2-4-11(18)16-13(20)7-10(17)8-14(16)21/h3,5-8,17,19-21H,2,4H2,1H3. The Hall–Kier alpha value is -2.89. The van der Waals surface area contributed by atoms with E-state index in [1.54, 1.807) is 12.1 Å². The summed E-state index contributed by atoms with van der Waals surface area (Å²) in [5.74, 6) is -1.43. The lowest BCUT2D eigenvalue weighted by Gasteiger charge is -2.08. The molecule has 4 N–H and O–H groups in total. The van der Waals surface area contributed by atoms with Gasteiger partial charge >= 0.3 is 0 Å². The van der Waals surface area contributed by atoms with Gasteiger partial charge in [-0.05, 0) is 24.1 Å². The molecule has 0 bridgehead atoms. The highest BCUT2D eigenvalue weighted by Crippen LogP contribution is 2.33. The van der Waals surface area contributed by atoms with Crippen LogP contribution in [0.5, 0.6) is 28.7 Å². The van der Waals surface area contributed by atoms with Crippen molar-refractivity contribution in [1.29, 1.82) is 0 Å². The summed E-state index contributed by atoms with van der Waals surface area (Å²) in [7, 11) is 1.44. The lowest BCUT2D eigenvalue weighted by atomic mass is 10.0. The second kappa shape index (κ2) is 6.26. The molecule has 22 heavy (non-hydrogen) atoms. The van der Waals surface area contributed by atoms with Gasteiger partial charge in [0.25, 0.3) is 0 Å². The molecule has 0 saturated carbocycles. The number of hydrogen-bond donors (Lipinski definition) is 4. The summed E-state index contributed by atoms with van der Waals surface area (Å²) < 4.78 is 4.93. The van der Waals surface area contributed by atoms with E-state index in [0.29, 0.717) is 17.7 Å². The van der Waals surface area contributed by atoms with Crippen LogP contribution in [0.25, 0.3) is 0 Å². The molecular weight excluding hydrogens is 288 g/mol. The van der Waals surface area contributed by atoms with Gasteiger partial charge in [-0.25, -0.2) is 0 Å². The predicted octanol–water partition coefficient (Wildman–Crippen LogP) is 2.33. The second-order valence-corrected chi connectivity index (χ2v) is 4.79. The van der Waals surface area contributed by atoms with E-state index in [4.69, 9.17) is 4.74 Å². The van der Waals surface area contributed by atoms with Gasteiger partial charge in [-0.2, -0.15) is 0 Å². The molecule has 0 radical (unpaired) electrons. The topological polar surface area (TPSA) is 107 Å². The van der Waals surface area contributed by atoms with E-state index in [0.717, 1.165) is 12.1 Å². The number of carbonyl (C=O) groups excluding carboxylic acids is 1. The van der Waals surface area contributed by atoms with Gasteiger partial charge in [-0.1, -0.05) is 6.07 Å². The molecule has 0 aliphatic heterocycles. The van der Waals surface area contributed by atoms with E-state index >= 15 is 0 Å². The summed E-state index contributed by atoms with van der Waals surface area (Å²) in [6.45, 7) is 0. The Morgan fingerprint density at radius 2 is 1.64 bits per heavy atom. The number of ketones is 1. The fourth-order valence-electron chi connectivity index (χ4n) is 2.16. The Morgan fingerprint density at radius 1 is 1.00 bits per heavy atom. The van der Waals surface area contributed by atoms with Crippen molar-refractivity contribution in [2.24, 2.45) is 0 Å². The van der Waals surface area contributed by atoms with Gasteiger partial charge in [0.15, 0.2) is 17.3 Å². The van der Waals surface area contributed by atoms with E-state index < -0.39 is 17.3 Å². The first-order chi connectivity index (χ1) is 10.4. The summed E-state index contributed by atoms with van der Waals surface area (Å²) in [5, 5.41) is 38.2. The molecule has 0 amide bonds. The summed E-state index contributed by atoms with van der Waals surface area (Å²) in [5.41, 5.74) is 0.486. The summed E-state index contributed by atoms with van der Waals surface area (Å²) in [6, 6.07) is 6.77. The SMILES string of the molecule is COc1ccc(CCC(=O)c2c(O)cc(O)cc2O)cc1O. The van der Waals surface area contributed by atoms with Crippen LogP contribution in [0.3, 0.4) is 0 Å². The molecule has 0 spiro atoms. The molecule has 2 rings (SSSR count). The average molecular weight is 304 g/mol. The number of Topliss-reactive ketones (excluding diaryl/α,β-unsaturated/α-hetero) is 1. The molecule has 6 heteroatoms. The third kappa shape index (κ3) is 3.22. The lowest BCUT2D eigenvalue weighted by Crippen LogP contribution is -2.02. The minimum atomic E-state index is -0.472. The third-order valence-electron chi connectivity index (χ3n) is 3.24. The van der Waals surface area contributed by atoms with Crippen LogP contribution in [0, 0.1) is 0 Å². The fourth-order valence-corrected chi connectivity index (χ4v) is 2.16. The zero-order valence-corrected chi connectivity index (χ0v) is 11.9. The number of carbonyl (C=O) groups is 1. The van der Waals surface area contributed by atoms with Crippen LogP contribution < -0.4 is 4.74 Å². The minimum Gasteiger partial charge on any atom is -0.508 e. The van der Waals surface area contributed by atoms with Crippen LogP contribution in [-0.4, -0.2) is 33.3 Å². The molecule has 0 fully saturated rings. The molecule has 0 atom stereocenters. The summed E-state index contributed by atoms with van der Waals surface area (Å²) in [6.07, 6.45) is 0.341. The zero-order chi connectivity index (χ0) is 16.3. The van der Waals surface area contributed by atoms with Gasteiger partial charge in [0.2, 0.25) is 0 Å². The number of benzene rings is 2. The van der Waals surface area contributed by atoms with Crippen molar-refractivity contribution >= 4 is 5.78 Å². The first kappa shape index (κ1) is 15.5. The number of phenolic OH excluding ortho intramolecular Hbond substituents is 4. The van der Waals surface area contributed by atoms with E-state index in [1.807, 2.05) is 0 Å². The Morgan fingerprint density at radius 3 is 2.18 bits per heavy atom. The van der Waals surface area contributed by atoms with E-state index in [2.05, 4.69) is 0 Å². The molecule has 0 aliphatic carbocycles. The van der Waals surface area contributed by atoms with Crippen LogP contribution in [0.15, 0.2) is 30.3 Å². The van der Waals surface area contributed by atoms with Crippen LogP contribution in [0.4, 0.5) is 0 Å². The largest absolute Gasteiger partial charge is 0.508 e. The number of aromatic hydroxyl groups is 4. The number of rotatable bonds is 5. The second-order valence-electron chi connectivity index (χ2n) is 4.79. The Kier molecular flexibility index (Phi) is 4.41. The highest BCUT2D eigenvalue weighted by Gasteiger charge is 2.17. The van der Waals surface area contributed by atoms with Gasteiger partial charge in [-0.15, -0.1) is 0 Å². The van der Waals surface area contributed by atoms with Crippen molar-refractivity contribution in [3.05, 3.63) is 41.5 Å². The lowest BCUT2D eigenvalue weighted by molar-refractivity contribution is 0.0977. The molecule has 2 aromatic rings. The highest BCUT2D eigenvalue weighted by molar-refractivity contribution is 6.01. The maximum Gasteiger partial charge on any atom is 0.170 e. The Labute approximate surface area is 126 Å². The van der Waals surface area contributed by atoms with Crippen molar-refractivity contribution in [3.8, 4) is 28.7 Å². The number of phenols is 4. The maximum absolute atomic E-state index is 12.1. The zero-order valence-electron chi connectivity index (χ0n) is 11.9. The molecule has 0 saturated heterocycles. The van der Waals surface area contributed by atoms with Gasteiger partial charge in [-0.3, -0.25) is 4.79 Å². The average Bonchev–Trinajstić information content (AvgIpc) is 2.44. The molecule has 2 aromatic carbocycles. The van der Waals surface area contributed by atoms with Crippen LogP contribution in [-0.2, 0) is 6.42 Å². The van der Waals surface area contributed by atoms with Crippen molar-refractivity contribution < 1.29 is 30.0 Å². The summed E-state index contributed by atoms with van der Waals surface area (Å²) in [4.78, 5) is 12.1. The molecule has 6 nitrogen and oxygen atoms in total. The van der Waals surface area contributed by atoms with Crippen LogP contribution >= 0.6 is 0 Å². The Bertz CT molecular complexity index is 685. The molecule has 0 aromatic heterocycles. The molecule has 116 valence electrons. The number of aryl methyl sites for hydroxylation is 1. The van der Waals surface area contributed by atoms with E-state index in [9.17, 15) is 25.2 Å². The van der Waals surface area contributed by atoms with Crippen molar-refractivity contribution in [2.45, 2.75) is 12.8 Å². The summed E-state index contributed by atoms with van der Waals surface area (Å²) >= 11 is 0. The predicted molar refractivity (Wildman–Crippen MR) is 78.7 cm³/mol. The molecule has 0 aliphatic rings. The van der Waals surface area contributed by atoms with Gasteiger partial charge in [0, 0.05) is 18.6 Å². The number of ether oxygens (including phenoxy) is 1. The van der Waals surface area contributed by atoms with Crippen molar-refractivity contribution in [2.75, 3.05) is 7.11 Å². The van der Waals surface area contributed by atoms with Crippen molar-refractivity contribution in [1.82, 2.24) is 0 Å². The van der Waals surface area contributed by atoms with Gasteiger partial charge < -0.3 is 25.2 Å². The first-order valence-electron chi connectivity index (χ1n) is 6.56. The fraction of sp³-hybridized carbons (Fsp3) is 0.188. The Balaban J connectivity index is 2.12. The van der Waals surface area contributed by atoms with Crippen LogP contribution in [0.1, 0.15) is 22.3 Å². The van der Waals surface area contributed by atoms with Gasteiger partial charge in [0.05, 0.1) is 7.11 Å². The smallest absolute Gasteiger partial charge is 0.170 e. The third-order valence-corrected chi connectivity index (χ3v) is 3.24.